The molecule has 1 N–H and O–H groups in total. The van der Waals surface area contributed by atoms with Crippen LogP contribution in [0.1, 0.15) is 18.2 Å². The average Bonchev–Trinajstić information content (AvgIpc) is 3.20. The second-order valence-corrected chi connectivity index (χ2v) is 7.15. The highest BCUT2D eigenvalue weighted by Gasteiger charge is 2.15. The number of ether oxygens (including phenoxy) is 2. The Morgan fingerprint density at radius 3 is 2.93 bits per heavy atom. The summed E-state index contributed by atoms with van der Waals surface area (Å²) in [6, 6.07) is 6.77. The number of hydrazone groups is 1. The van der Waals surface area contributed by atoms with Crippen molar-refractivity contribution in [1.82, 2.24) is 10.4 Å². The largest absolute Gasteiger partial charge is 0.546 e. The van der Waals surface area contributed by atoms with Crippen LogP contribution in [0.25, 0.3) is 0 Å². The zero-order valence-corrected chi connectivity index (χ0v) is 16.7. The lowest BCUT2D eigenvalue weighted by atomic mass is 10.1. The Balaban J connectivity index is 1.54. The van der Waals surface area contributed by atoms with Crippen LogP contribution in [0, 0.1) is 0 Å². The summed E-state index contributed by atoms with van der Waals surface area (Å²) in [5, 5.41) is 17.4. The number of morpholine rings is 1. The first kappa shape index (κ1) is 20.7. The third-order valence-electron chi connectivity index (χ3n) is 4.12. The van der Waals surface area contributed by atoms with Gasteiger partial charge in [-0.25, -0.2) is 10.4 Å². The lowest BCUT2D eigenvalue weighted by Crippen LogP contribution is -2.36. The van der Waals surface area contributed by atoms with E-state index in [0.29, 0.717) is 35.9 Å². The van der Waals surface area contributed by atoms with E-state index in [-0.39, 0.29) is 12.3 Å². The smallest absolute Gasteiger partial charge is 0.246 e. The van der Waals surface area contributed by atoms with E-state index in [1.54, 1.807) is 31.2 Å². The number of rotatable bonds is 8. The quantitative estimate of drug-likeness (QED) is 0.481. The first-order valence-corrected chi connectivity index (χ1v) is 9.92. The number of carbonyl (C=O) groups is 2. The molecule has 154 valence electrons. The molecule has 0 radical (unpaired) electrons. The number of carboxylic acids is 1. The lowest BCUT2D eigenvalue weighted by Gasteiger charge is -2.26. The van der Waals surface area contributed by atoms with Gasteiger partial charge in [0.05, 0.1) is 37.0 Å². The maximum Gasteiger partial charge on any atom is 0.246 e. The van der Waals surface area contributed by atoms with E-state index in [1.807, 2.05) is 5.38 Å². The standard InChI is InChI=1S/C19H22N4O5S/c1-13(14-3-2-4-16(9-14)28-11-18(25)26)21-22-17(24)10-15-12-29-19(20-15)23-5-7-27-8-6-23/h2-4,9,12H,5-8,10-11H2,1H3,(H,22,24)(H,25,26)/p-1/b21-13-. The minimum atomic E-state index is -1.30. The maximum atomic E-state index is 12.2. The average molecular weight is 417 g/mol. The Kier molecular flexibility index (Phi) is 7.14. The second-order valence-electron chi connectivity index (χ2n) is 6.32. The van der Waals surface area contributed by atoms with Crippen LogP contribution in [0.2, 0.25) is 0 Å². The molecule has 0 atom stereocenters. The molecule has 0 saturated carbocycles. The van der Waals surface area contributed by atoms with Crippen LogP contribution in [0.3, 0.4) is 0 Å². The highest BCUT2D eigenvalue weighted by Crippen LogP contribution is 2.21. The number of thiazole rings is 1. The SMILES string of the molecule is C/C(=N/NC(=O)Cc1csc(N2CCOCC2)n1)c1cccc(OCC(=O)[O-])c1. The maximum absolute atomic E-state index is 12.2. The van der Waals surface area contributed by atoms with Crippen molar-refractivity contribution in [3.63, 3.8) is 0 Å². The molecule has 1 aliphatic heterocycles. The van der Waals surface area contributed by atoms with Crippen molar-refractivity contribution in [3.05, 3.63) is 40.9 Å². The van der Waals surface area contributed by atoms with Gasteiger partial charge in [0, 0.05) is 24.0 Å². The molecule has 2 aromatic rings. The van der Waals surface area contributed by atoms with E-state index in [1.165, 1.54) is 11.3 Å². The molecule has 2 heterocycles. The van der Waals surface area contributed by atoms with Gasteiger partial charge >= 0.3 is 0 Å². The predicted molar refractivity (Wildman–Crippen MR) is 106 cm³/mol. The molecule has 1 saturated heterocycles. The molecule has 10 heteroatoms. The summed E-state index contributed by atoms with van der Waals surface area (Å²) in [4.78, 5) is 29.3. The normalized spacial score (nSPS) is 14.5. The van der Waals surface area contributed by atoms with Gasteiger partial charge < -0.3 is 24.3 Å². The number of amides is 1. The number of benzene rings is 1. The summed E-state index contributed by atoms with van der Waals surface area (Å²) in [5.41, 5.74) is 4.48. The molecule has 0 spiro atoms. The molecule has 3 rings (SSSR count). The molecule has 1 fully saturated rings. The van der Waals surface area contributed by atoms with Crippen molar-refractivity contribution >= 4 is 34.1 Å². The van der Waals surface area contributed by atoms with Crippen LogP contribution >= 0.6 is 11.3 Å². The van der Waals surface area contributed by atoms with Crippen molar-refractivity contribution in [2.45, 2.75) is 13.3 Å². The summed E-state index contributed by atoms with van der Waals surface area (Å²) in [6.45, 7) is 4.17. The Morgan fingerprint density at radius 1 is 1.38 bits per heavy atom. The van der Waals surface area contributed by atoms with Crippen molar-refractivity contribution < 1.29 is 24.2 Å². The van der Waals surface area contributed by atoms with Crippen LogP contribution in [0.15, 0.2) is 34.7 Å². The van der Waals surface area contributed by atoms with Crippen molar-refractivity contribution in [2.24, 2.45) is 5.10 Å². The summed E-state index contributed by atoms with van der Waals surface area (Å²) >= 11 is 1.51. The Hall–Kier alpha value is -2.98. The number of carboxylic acid groups (broad SMARTS) is 1. The Bertz CT molecular complexity index is 892. The summed E-state index contributed by atoms with van der Waals surface area (Å²) < 4.78 is 10.4. The first-order chi connectivity index (χ1) is 14.0. The van der Waals surface area contributed by atoms with Crippen LogP contribution in [0.4, 0.5) is 5.13 Å². The highest BCUT2D eigenvalue weighted by molar-refractivity contribution is 7.13. The van der Waals surface area contributed by atoms with E-state index >= 15 is 0 Å². The number of hydrogen-bond acceptors (Lipinski definition) is 9. The minimum Gasteiger partial charge on any atom is -0.546 e. The van der Waals surface area contributed by atoms with Gasteiger partial charge in [-0.2, -0.15) is 5.10 Å². The fourth-order valence-corrected chi connectivity index (χ4v) is 3.52. The van der Waals surface area contributed by atoms with Crippen LogP contribution in [-0.2, 0) is 20.7 Å². The number of carbonyl (C=O) groups excluding carboxylic acids is 2. The van der Waals surface area contributed by atoms with Gasteiger partial charge in [0.15, 0.2) is 5.13 Å². The van der Waals surface area contributed by atoms with Gasteiger partial charge in [0.1, 0.15) is 12.4 Å². The molecule has 1 aromatic heterocycles. The van der Waals surface area contributed by atoms with Crippen molar-refractivity contribution in [2.75, 3.05) is 37.8 Å². The van der Waals surface area contributed by atoms with Gasteiger partial charge in [-0.15, -0.1) is 11.3 Å². The number of anilines is 1. The minimum absolute atomic E-state index is 0.131. The lowest BCUT2D eigenvalue weighted by molar-refractivity contribution is -0.307. The summed E-state index contributed by atoms with van der Waals surface area (Å²) in [5.74, 6) is -1.19. The topological polar surface area (TPSA) is 116 Å². The molecule has 0 unspecified atom stereocenters. The van der Waals surface area contributed by atoms with Gasteiger partial charge in [-0.05, 0) is 19.1 Å². The summed E-state index contributed by atoms with van der Waals surface area (Å²) in [7, 11) is 0. The van der Waals surface area contributed by atoms with E-state index in [0.717, 1.165) is 18.2 Å². The zero-order valence-electron chi connectivity index (χ0n) is 15.9. The number of aromatic nitrogens is 1. The molecule has 0 aliphatic carbocycles. The molecule has 0 bridgehead atoms. The molecule has 29 heavy (non-hydrogen) atoms. The van der Waals surface area contributed by atoms with Gasteiger partial charge in [-0.1, -0.05) is 12.1 Å². The molecule has 1 aromatic carbocycles. The zero-order chi connectivity index (χ0) is 20.6. The predicted octanol–water partition coefficient (Wildman–Crippen LogP) is 0.191. The number of nitrogens with zero attached hydrogens (tertiary/aromatic N) is 3. The van der Waals surface area contributed by atoms with Crippen molar-refractivity contribution in [1.29, 1.82) is 0 Å². The number of hydrogen-bond donors (Lipinski definition) is 1. The molecular formula is C19H21N4O5S-. The Morgan fingerprint density at radius 2 is 2.17 bits per heavy atom. The van der Waals surface area contributed by atoms with Gasteiger partial charge in [-0.3, -0.25) is 4.79 Å². The third kappa shape index (κ3) is 6.26. The fraction of sp³-hybridized carbons (Fsp3) is 0.368. The highest BCUT2D eigenvalue weighted by atomic mass is 32.1. The fourth-order valence-electron chi connectivity index (χ4n) is 2.65. The van der Waals surface area contributed by atoms with E-state index in [4.69, 9.17) is 9.47 Å². The Labute approximate surface area is 172 Å². The van der Waals surface area contributed by atoms with E-state index < -0.39 is 12.6 Å². The van der Waals surface area contributed by atoms with Gasteiger partial charge in [0.2, 0.25) is 5.91 Å². The third-order valence-corrected chi connectivity index (χ3v) is 5.07. The van der Waals surface area contributed by atoms with Gasteiger partial charge in [0.25, 0.3) is 0 Å². The van der Waals surface area contributed by atoms with Crippen LogP contribution in [-0.4, -0.2) is 55.5 Å². The molecule has 9 nitrogen and oxygen atoms in total. The molecule has 1 amide bonds. The second kappa shape index (κ2) is 9.99. The first-order valence-electron chi connectivity index (χ1n) is 9.04. The molecule has 1 aliphatic rings. The van der Waals surface area contributed by atoms with Crippen molar-refractivity contribution in [3.8, 4) is 5.75 Å². The monoisotopic (exact) mass is 417 g/mol. The molecular weight excluding hydrogens is 396 g/mol. The van der Waals surface area contributed by atoms with Crippen LogP contribution < -0.4 is 20.2 Å². The summed E-state index contributed by atoms with van der Waals surface area (Å²) in [6.07, 6.45) is 0.131. The number of nitrogens with one attached hydrogen (secondary N) is 1. The van der Waals surface area contributed by atoms with Crippen LogP contribution in [0.5, 0.6) is 5.75 Å². The van der Waals surface area contributed by atoms with E-state index in [9.17, 15) is 14.7 Å². The number of aliphatic carboxylic acids is 1. The van der Waals surface area contributed by atoms with E-state index in [2.05, 4.69) is 20.4 Å².